The van der Waals surface area contributed by atoms with Gasteiger partial charge in [-0.1, -0.05) is 78.9 Å². The molecule has 3 aromatic rings. The molecule has 136 valence electrons. The van der Waals surface area contributed by atoms with Gasteiger partial charge in [-0.05, 0) is 12.0 Å². The number of carbonyl (C=O) groups is 1. The number of hydrogen-bond acceptors (Lipinski definition) is 4. The number of benzene rings is 3. The van der Waals surface area contributed by atoms with E-state index >= 15 is 0 Å². The first kappa shape index (κ1) is 17.6. The fraction of sp³-hybridized carbons (Fsp3) is 0.174. The van der Waals surface area contributed by atoms with Crippen LogP contribution in [0.3, 0.4) is 0 Å². The monoisotopic (exact) mass is 359 g/mol. The fourth-order valence-electron chi connectivity index (χ4n) is 3.67. The van der Waals surface area contributed by atoms with Crippen molar-refractivity contribution >= 4 is 5.78 Å². The summed E-state index contributed by atoms with van der Waals surface area (Å²) in [6.45, 7) is 0.441. The minimum absolute atomic E-state index is 0.0167. The lowest BCUT2D eigenvalue weighted by molar-refractivity contribution is -0.0834. The summed E-state index contributed by atoms with van der Waals surface area (Å²) in [5.74, 6) is -0.0167. The maximum atomic E-state index is 12.9. The summed E-state index contributed by atoms with van der Waals surface area (Å²) < 4.78 is 0. The van der Waals surface area contributed by atoms with Crippen molar-refractivity contribution in [2.75, 3.05) is 6.54 Å². The number of hydrogen-bond donors (Lipinski definition) is 2. The quantitative estimate of drug-likeness (QED) is 0.685. The molecule has 0 aromatic heterocycles. The molecular formula is C23H21NO3. The van der Waals surface area contributed by atoms with Crippen molar-refractivity contribution in [3.05, 3.63) is 107 Å². The summed E-state index contributed by atoms with van der Waals surface area (Å²) in [5, 5.41) is 21.1. The summed E-state index contributed by atoms with van der Waals surface area (Å²) in [5.41, 5.74) is 3.68. The number of carbonyl (C=O) groups excluding carboxylic acids is 1. The van der Waals surface area contributed by atoms with Crippen molar-refractivity contribution in [2.45, 2.75) is 18.9 Å². The Bertz CT molecular complexity index is 926. The van der Waals surface area contributed by atoms with Crippen LogP contribution in [0.2, 0.25) is 0 Å². The zero-order valence-corrected chi connectivity index (χ0v) is 14.8. The predicted octanol–water partition coefficient (Wildman–Crippen LogP) is 3.46. The molecule has 0 radical (unpaired) electrons. The molecule has 1 heterocycles. The van der Waals surface area contributed by atoms with Crippen molar-refractivity contribution < 1.29 is 15.0 Å². The molecule has 2 N–H and O–H groups in total. The topological polar surface area (TPSA) is 60.8 Å². The van der Waals surface area contributed by atoms with E-state index < -0.39 is 12.5 Å². The highest BCUT2D eigenvalue weighted by atomic mass is 16.3. The third-order valence-electron chi connectivity index (χ3n) is 5.12. The van der Waals surface area contributed by atoms with Gasteiger partial charge in [-0.2, -0.15) is 0 Å². The smallest absolute Gasteiger partial charge is 0.193 e. The molecule has 2 atom stereocenters. The number of ketones is 1. The summed E-state index contributed by atoms with van der Waals surface area (Å²) in [4.78, 5) is 14.5. The fourth-order valence-corrected chi connectivity index (χ4v) is 3.67. The van der Waals surface area contributed by atoms with Crippen molar-refractivity contribution in [3.8, 4) is 0 Å². The highest BCUT2D eigenvalue weighted by Gasteiger charge is 2.35. The molecule has 0 fully saturated rings. The van der Waals surface area contributed by atoms with Crippen molar-refractivity contribution in [2.24, 2.45) is 0 Å². The van der Waals surface area contributed by atoms with E-state index in [0.29, 0.717) is 24.1 Å². The Labute approximate surface area is 158 Å². The third kappa shape index (κ3) is 3.30. The number of nitrogens with zero attached hydrogens (tertiary/aromatic N) is 1. The summed E-state index contributed by atoms with van der Waals surface area (Å²) in [7, 11) is 0. The molecule has 1 aliphatic heterocycles. The van der Waals surface area contributed by atoms with Gasteiger partial charge >= 0.3 is 0 Å². The van der Waals surface area contributed by atoms with E-state index in [4.69, 9.17) is 0 Å². The Morgan fingerprint density at radius 1 is 0.778 bits per heavy atom. The van der Waals surface area contributed by atoms with Crippen LogP contribution in [-0.4, -0.2) is 27.4 Å². The number of aliphatic hydroxyl groups excluding tert-OH is 2. The largest absolute Gasteiger partial charge is 0.374 e. The number of fused-ring (bicyclic) bond motifs is 1. The third-order valence-corrected chi connectivity index (χ3v) is 5.12. The molecule has 0 saturated heterocycles. The van der Waals surface area contributed by atoms with E-state index in [1.54, 1.807) is 4.90 Å². The molecule has 0 bridgehead atoms. The molecule has 0 aliphatic carbocycles. The van der Waals surface area contributed by atoms with E-state index in [-0.39, 0.29) is 5.78 Å². The van der Waals surface area contributed by atoms with Gasteiger partial charge in [0.15, 0.2) is 5.78 Å². The van der Waals surface area contributed by atoms with Crippen LogP contribution in [0.1, 0.15) is 45.1 Å². The lowest BCUT2D eigenvalue weighted by Crippen LogP contribution is -2.28. The van der Waals surface area contributed by atoms with E-state index in [0.717, 1.165) is 16.7 Å². The number of rotatable bonds is 5. The van der Waals surface area contributed by atoms with Gasteiger partial charge in [0.05, 0.1) is 0 Å². The molecule has 4 heteroatoms. The van der Waals surface area contributed by atoms with Crippen molar-refractivity contribution in [1.82, 2.24) is 4.90 Å². The lowest BCUT2D eigenvalue weighted by atomic mass is 9.96. The molecule has 0 saturated carbocycles. The molecule has 4 nitrogen and oxygen atoms in total. The molecule has 2 unspecified atom stereocenters. The highest BCUT2D eigenvalue weighted by molar-refractivity contribution is 6.09. The van der Waals surface area contributed by atoms with E-state index in [2.05, 4.69) is 0 Å². The van der Waals surface area contributed by atoms with Gasteiger partial charge in [0, 0.05) is 28.8 Å². The molecule has 4 rings (SSSR count). The predicted molar refractivity (Wildman–Crippen MR) is 103 cm³/mol. The van der Waals surface area contributed by atoms with Crippen LogP contribution in [0.25, 0.3) is 0 Å². The summed E-state index contributed by atoms with van der Waals surface area (Å²) in [6, 6.07) is 24.1. The molecule has 1 aliphatic rings. The van der Waals surface area contributed by atoms with Crippen LogP contribution in [0.4, 0.5) is 0 Å². The van der Waals surface area contributed by atoms with Crippen LogP contribution in [0.5, 0.6) is 0 Å². The minimum atomic E-state index is -0.840. The van der Waals surface area contributed by atoms with Crippen LogP contribution in [0, 0.1) is 0 Å². The van der Waals surface area contributed by atoms with Gasteiger partial charge in [0.2, 0.25) is 0 Å². The molecule has 0 amide bonds. The van der Waals surface area contributed by atoms with Gasteiger partial charge in [0.25, 0.3) is 0 Å². The van der Waals surface area contributed by atoms with Crippen LogP contribution in [0.15, 0.2) is 78.9 Å². The SMILES string of the molecule is O=C(c1ccccc1)c1ccccc1CCN1C(O)c2ccccc2C1O. The Morgan fingerprint density at radius 2 is 1.33 bits per heavy atom. The van der Waals surface area contributed by atoms with E-state index in [1.165, 1.54) is 0 Å². The van der Waals surface area contributed by atoms with Crippen molar-refractivity contribution in [1.29, 1.82) is 0 Å². The van der Waals surface area contributed by atoms with Crippen molar-refractivity contribution in [3.63, 3.8) is 0 Å². The van der Waals surface area contributed by atoms with Crippen LogP contribution >= 0.6 is 0 Å². The Kier molecular flexibility index (Phi) is 4.86. The lowest BCUT2D eigenvalue weighted by Gasteiger charge is -2.24. The first-order chi connectivity index (χ1) is 13.2. The average molecular weight is 359 g/mol. The van der Waals surface area contributed by atoms with Crippen LogP contribution in [-0.2, 0) is 6.42 Å². The normalized spacial score (nSPS) is 19.0. The van der Waals surface area contributed by atoms with Gasteiger partial charge in [-0.3, -0.25) is 4.79 Å². The van der Waals surface area contributed by atoms with Gasteiger partial charge in [0.1, 0.15) is 12.5 Å². The second-order valence-corrected chi connectivity index (χ2v) is 6.72. The summed E-state index contributed by atoms with van der Waals surface area (Å²) in [6.07, 6.45) is -1.13. The van der Waals surface area contributed by atoms with Gasteiger partial charge < -0.3 is 10.2 Å². The molecule has 0 spiro atoms. The summed E-state index contributed by atoms with van der Waals surface area (Å²) >= 11 is 0. The zero-order chi connectivity index (χ0) is 18.8. The molecule has 27 heavy (non-hydrogen) atoms. The average Bonchev–Trinajstić information content (AvgIpc) is 2.97. The Hall–Kier alpha value is -2.79. The first-order valence-corrected chi connectivity index (χ1v) is 9.05. The highest BCUT2D eigenvalue weighted by Crippen LogP contribution is 2.38. The van der Waals surface area contributed by atoms with Gasteiger partial charge in [-0.25, -0.2) is 4.90 Å². The second kappa shape index (κ2) is 7.45. The maximum absolute atomic E-state index is 12.9. The number of aliphatic hydroxyl groups is 2. The van der Waals surface area contributed by atoms with E-state index in [1.807, 2.05) is 78.9 Å². The Morgan fingerprint density at radius 3 is 2.00 bits per heavy atom. The second-order valence-electron chi connectivity index (χ2n) is 6.72. The maximum Gasteiger partial charge on any atom is 0.193 e. The van der Waals surface area contributed by atoms with E-state index in [9.17, 15) is 15.0 Å². The molecular weight excluding hydrogens is 338 g/mol. The first-order valence-electron chi connectivity index (χ1n) is 9.05. The standard InChI is InChI=1S/C23H21NO3/c25-21(17-9-2-1-3-10-17)18-11-5-4-8-16(18)14-15-24-22(26)19-12-6-7-13-20(19)23(24)27/h1-13,22-23,26-27H,14-15H2. The minimum Gasteiger partial charge on any atom is -0.374 e. The Balaban J connectivity index is 1.54. The van der Waals surface area contributed by atoms with Crippen LogP contribution < -0.4 is 0 Å². The molecule has 3 aromatic carbocycles. The zero-order valence-electron chi connectivity index (χ0n) is 14.8. The van der Waals surface area contributed by atoms with Gasteiger partial charge in [-0.15, -0.1) is 0 Å².